The third-order valence-electron chi connectivity index (χ3n) is 3.27. The summed E-state index contributed by atoms with van der Waals surface area (Å²) in [6.07, 6.45) is 4.80. The van der Waals surface area contributed by atoms with E-state index in [1.807, 2.05) is 6.92 Å². The van der Waals surface area contributed by atoms with Crippen molar-refractivity contribution in [2.75, 3.05) is 6.61 Å². The number of allylic oxidation sites excluding steroid dienone is 1. The summed E-state index contributed by atoms with van der Waals surface area (Å²) in [5.41, 5.74) is 9.00. The summed E-state index contributed by atoms with van der Waals surface area (Å²) in [5, 5.41) is 21.0. The number of hydrazone groups is 1. The van der Waals surface area contributed by atoms with Gasteiger partial charge in [0.05, 0.1) is 12.8 Å². The van der Waals surface area contributed by atoms with Gasteiger partial charge in [-0.25, -0.2) is 5.43 Å². The van der Waals surface area contributed by atoms with Crippen LogP contribution in [0.3, 0.4) is 0 Å². The van der Waals surface area contributed by atoms with Crippen molar-refractivity contribution >= 4 is 17.8 Å². The van der Waals surface area contributed by atoms with Crippen molar-refractivity contribution in [3.63, 3.8) is 0 Å². The van der Waals surface area contributed by atoms with Gasteiger partial charge in [-0.2, -0.15) is 5.10 Å². The van der Waals surface area contributed by atoms with Gasteiger partial charge in [0.2, 0.25) is 0 Å². The maximum Gasteiger partial charge on any atom is 0.289 e. The van der Waals surface area contributed by atoms with Crippen LogP contribution in [0.5, 0.6) is 11.5 Å². The number of amides is 1. The maximum absolute atomic E-state index is 11.7. The van der Waals surface area contributed by atoms with Crippen molar-refractivity contribution in [1.82, 2.24) is 5.43 Å². The van der Waals surface area contributed by atoms with Gasteiger partial charge in [-0.1, -0.05) is 0 Å². The second-order valence-electron chi connectivity index (χ2n) is 5.19. The molecule has 2 rings (SSSR count). The fourth-order valence-electron chi connectivity index (χ4n) is 1.87. The van der Waals surface area contributed by atoms with E-state index in [2.05, 4.69) is 10.5 Å². The molecule has 1 amide bonds. The standard InChI is InChI=1S/C16H20N4O3/c1-2-23-15-7-10(3-6-14(15)21)9-19-20-16(22)13(18)8-12(17)11-4-5-11/h3,6-9,11,18,21H,2,4-5,17H2,1H3,(H,20,22)/b12-8?,18-13?,19-9+. The lowest BCUT2D eigenvalue weighted by atomic mass is 10.2. The predicted molar refractivity (Wildman–Crippen MR) is 87.7 cm³/mol. The predicted octanol–water partition coefficient (Wildman–Crippen LogP) is 1.51. The summed E-state index contributed by atoms with van der Waals surface area (Å²) in [6.45, 7) is 2.24. The number of hydrogen-bond donors (Lipinski definition) is 4. The molecule has 122 valence electrons. The van der Waals surface area contributed by atoms with E-state index in [0.717, 1.165) is 12.8 Å². The van der Waals surface area contributed by atoms with Crippen LogP contribution in [-0.4, -0.2) is 29.5 Å². The molecule has 1 fully saturated rings. The van der Waals surface area contributed by atoms with Gasteiger partial charge in [-0.3, -0.25) is 10.2 Å². The zero-order chi connectivity index (χ0) is 16.8. The third kappa shape index (κ3) is 4.84. The van der Waals surface area contributed by atoms with Gasteiger partial charge < -0.3 is 15.6 Å². The number of benzene rings is 1. The Bertz CT molecular complexity index is 663. The molecule has 1 saturated carbocycles. The molecule has 5 N–H and O–H groups in total. The first-order valence-electron chi connectivity index (χ1n) is 7.36. The number of nitrogens with two attached hydrogens (primary N) is 1. The van der Waals surface area contributed by atoms with E-state index in [-0.39, 0.29) is 11.5 Å². The minimum atomic E-state index is -0.631. The lowest BCUT2D eigenvalue weighted by Crippen LogP contribution is -2.26. The summed E-state index contributed by atoms with van der Waals surface area (Å²) in [7, 11) is 0. The molecule has 0 bridgehead atoms. The lowest BCUT2D eigenvalue weighted by molar-refractivity contribution is -0.114. The van der Waals surface area contributed by atoms with Gasteiger partial charge >= 0.3 is 0 Å². The number of hydrogen-bond acceptors (Lipinski definition) is 6. The van der Waals surface area contributed by atoms with E-state index in [0.29, 0.717) is 29.5 Å². The second-order valence-corrected chi connectivity index (χ2v) is 5.19. The molecule has 7 heteroatoms. The van der Waals surface area contributed by atoms with E-state index >= 15 is 0 Å². The molecule has 0 atom stereocenters. The Labute approximate surface area is 134 Å². The van der Waals surface area contributed by atoms with Gasteiger partial charge in [0, 0.05) is 5.70 Å². The average molecular weight is 316 g/mol. The molecule has 0 saturated heterocycles. The monoisotopic (exact) mass is 316 g/mol. The summed E-state index contributed by atoms with van der Waals surface area (Å²) >= 11 is 0. The van der Waals surface area contributed by atoms with Crippen LogP contribution in [0.25, 0.3) is 0 Å². The number of ether oxygens (including phenoxy) is 1. The second kappa shape index (κ2) is 7.44. The van der Waals surface area contributed by atoms with Crippen LogP contribution in [0, 0.1) is 11.3 Å². The fraction of sp³-hybridized carbons (Fsp3) is 0.312. The van der Waals surface area contributed by atoms with Gasteiger partial charge in [0.1, 0.15) is 5.71 Å². The first kappa shape index (κ1) is 16.5. The van der Waals surface area contributed by atoms with Crippen LogP contribution < -0.4 is 15.9 Å². The number of aromatic hydroxyl groups is 1. The Morgan fingerprint density at radius 2 is 2.30 bits per heavy atom. The number of nitrogens with zero attached hydrogens (tertiary/aromatic N) is 1. The quantitative estimate of drug-likeness (QED) is 0.450. The topological polar surface area (TPSA) is 121 Å². The van der Waals surface area contributed by atoms with Crippen molar-refractivity contribution in [3.05, 3.63) is 35.5 Å². The maximum atomic E-state index is 11.7. The highest BCUT2D eigenvalue weighted by Crippen LogP contribution is 2.33. The molecule has 0 spiro atoms. The Morgan fingerprint density at radius 3 is 2.96 bits per heavy atom. The van der Waals surface area contributed by atoms with Gasteiger partial charge in [-0.05, 0) is 55.5 Å². The summed E-state index contributed by atoms with van der Waals surface area (Å²) in [6, 6.07) is 4.71. The van der Waals surface area contributed by atoms with E-state index in [4.69, 9.17) is 15.9 Å². The Hall–Kier alpha value is -2.83. The Kier molecular flexibility index (Phi) is 5.35. The molecule has 0 unspecified atom stereocenters. The van der Waals surface area contributed by atoms with Gasteiger partial charge in [0.15, 0.2) is 11.5 Å². The molecule has 1 aromatic rings. The number of carbonyl (C=O) groups excluding carboxylic acids is 1. The largest absolute Gasteiger partial charge is 0.504 e. The molecule has 1 aliphatic carbocycles. The first-order chi connectivity index (χ1) is 11.0. The van der Waals surface area contributed by atoms with Crippen LogP contribution >= 0.6 is 0 Å². The zero-order valence-electron chi connectivity index (χ0n) is 12.9. The highest BCUT2D eigenvalue weighted by Gasteiger charge is 2.24. The van der Waals surface area contributed by atoms with E-state index < -0.39 is 5.91 Å². The van der Waals surface area contributed by atoms with Crippen molar-refractivity contribution in [3.8, 4) is 11.5 Å². The van der Waals surface area contributed by atoms with Crippen LogP contribution in [-0.2, 0) is 4.79 Å². The molecule has 1 aromatic carbocycles. The number of nitrogens with one attached hydrogen (secondary N) is 2. The summed E-state index contributed by atoms with van der Waals surface area (Å²) < 4.78 is 5.26. The molecule has 0 heterocycles. The highest BCUT2D eigenvalue weighted by molar-refractivity contribution is 6.42. The molecule has 0 aliphatic heterocycles. The van der Waals surface area contributed by atoms with E-state index in [1.165, 1.54) is 18.4 Å². The van der Waals surface area contributed by atoms with Crippen LogP contribution in [0.15, 0.2) is 35.1 Å². The number of phenols is 1. The van der Waals surface area contributed by atoms with Crippen molar-refractivity contribution < 1.29 is 14.6 Å². The highest BCUT2D eigenvalue weighted by atomic mass is 16.5. The van der Waals surface area contributed by atoms with E-state index in [9.17, 15) is 9.90 Å². The van der Waals surface area contributed by atoms with Crippen molar-refractivity contribution in [2.45, 2.75) is 19.8 Å². The van der Waals surface area contributed by atoms with Crippen LogP contribution in [0.4, 0.5) is 0 Å². The fourth-order valence-corrected chi connectivity index (χ4v) is 1.87. The number of phenolic OH excluding ortho intramolecular Hbond substituents is 1. The normalized spacial score (nSPS) is 14.7. The van der Waals surface area contributed by atoms with Crippen LogP contribution in [0.2, 0.25) is 0 Å². The molecule has 23 heavy (non-hydrogen) atoms. The zero-order valence-corrected chi connectivity index (χ0v) is 12.9. The molecular weight excluding hydrogens is 296 g/mol. The minimum Gasteiger partial charge on any atom is -0.504 e. The Morgan fingerprint density at radius 1 is 1.57 bits per heavy atom. The Balaban J connectivity index is 1.93. The smallest absolute Gasteiger partial charge is 0.289 e. The SMILES string of the molecule is CCOc1cc(/C=N/NC(=O)C(=N)C=C(N)C2CC2)ccc1O. The number of rotatable bonds is 7. The molecule has 1 aliphatic rings. The van der Waals surface area contributed by atoms with Crippen molar-refractivity contribution in [1.29, 1.82) is 5.41 Å². The first-order valence-corrected chi connectivity index (χ1v) is 7.36. The molecule has 0 aromatic heterocycles. The average Bonchev–Trinajstić information content (AvgIpc) is 3.35. The van der Waals surface area contributed by atoms with Crippen molar-refractivity contribution in [2.24, 2.45) is 16.8 Å². The lowest BCUT2D eigenvalue weighted by Gasteiger charge is -2.06. The molecular formula is C16H20N4O3. The third-order valence-corrected chi connectivity index (χ3v) is 3.27. The van der Waals surface area contributed by atoms with Crippen LogP contribution in [0.1, 0.15) is 25.3 Å². The van der Waals surface area contributed by atoms with E-state index in [1.54, 1.807) is 12.1 Å². The van der Waals surface area contributed by atoms with Gasteiger partial charge in [0.25, 0.3) is 5.91 Å². The minimum absolute atomic E-state index is 0.0375. The molecule has 0 radical (unpaired) electrons. The van der Waals surface area contributed by atoms with Gasteiger partial charge in [-0.15, -0.1) is 0 Å². The summed E-state index contributed by atoms with van der Waals surface area (Å²) in [4.78, 5) is 11.7. The number of carbonyl (C=O) groups is 1. The molecule has 7 nitrogen and oxygen atoms in total. The summed E-state index contributed by atoms with van der Waals surface area (Å²) in [5.74, 6) is 0.0560.